The Morgan fingerprint density at radius 3 is 2.57 bits per heavy atom. The zero-order valence-corrected chi connectivity index (χ0v) is 8.16. The Bertz CT molecular complexity index is 360. The summed E-state index contributed by atoms with van der Waals surface area (Å²) in [6.45, 7) is 1.68. The summed E-state index contributed by atoms with van der Waals surface area (Å²) in [6.07, 6.45) is 5.15. The largest absolute Gasteiger partial charge is 0.315 e. The van der Waals surface area contributed by atoms with Gasteiger partial charge in [0.05, 0.1) is 12.0 Å². The summed E-state index contributed by atoms with van der Waals surface area (Å²) in [7, 11) is 0. The lowest BCUT2D eigenvalue weighted by Gasteiger charge is -2.22. The van der Waals surface area contributed by atoms with E-state index in [0.717, 1.165) is 5.56 Å². The van der Waals surface area contributed by atoms with Crippen LogP contribution in [0.5, 0.6) is 0 Å². The molecule has 1 aromatic rings. The normalized spacial score (nSPS) is 14.1. The topological polar surface area (TPSA) is 43.1 Å². The van der Waals surface area contributed by atoms with Gasteiger partial charge in [-0.2, -0.15) is 0 Å². The number of benzene rings is 1. The lowest BCUT2D eigenvalue weighted by atomic mass is 9.87. The molecule has 14 heavy (non-hydrogen) atoms. The van der Waals surface area contributed by atoms with E-state index in [9.17, 15) is 4.79 Å². The minimum absolute atomic E-state index is 0.0713. The van der Waals surface area contributed by atoms with Crippen LogP contribution in [0.2, 0.25) is 0 Å². The Kier molecular flexibility index (Phi) is 3.06. The van der Waals surface area contributed by atoms with Crippen LogP contribution >= 0.6 is 0 Å². The van der Waals surface area contributed by atoms with Crippen LogP contribution in [0.4, 0.5) is 0 Å². The van der Waals surface area contributed by atoms with Crippen molar-refractivity contribution >= 4 is 5.78 Å². The minimum Gasteiger partial charge on any atom is -0.315 e. The second kappa shape index (κ2) is 4.08. The first-order valence-electron chi connectivity index (χ1n) is 4.40. The van der Waals surface area contributed by atoms with Crippen molar-refractivity contribution in [1.29, 1.82) is 0 Å². The van der Waals surface area contributed by atoms with Gasteiger partial charge in [-0.3, -0.25) is 4.79 Å². The molecule has 2 N–H and O–H groups in total. The molecule has 0 spiro atoms. The van der Waals surface area contributed by atoms with Crippen LogP contribution in [0.1, 0.15) is 18.9 Å². The summed E-state index contributed by atoms with van der Waals surface area (Å²) in [5, 5.41) is 0. The highest BCUT2D eigenvalue weighted by Crippen LogP contribution is 2.19. The first kappa shape index (κ1) is 10.5. The third kappa shape index (κ3) is 2.01. The van der Waals surface area contributed by atoms with Gasteiger partial charge in [-0.1, -0.05) is 36.3 Å². The van der Waals surface area contributed by atoms with Crippen LogP contribution in [0.25, 0.3) is 0 Å². The van der Waals surface area contributed by atoms with Gasteiger partial charge in [-0.05, 0) is 12.5 Å². The van der Waals surface area contributed by atoms with Gasteiger partial charge in [-0.15, -0.1) is 6.42 Å². The third-order valence-corrected chi connectivity index (χ3v) is 2.22. The number of carbonyl (C=O) groups is 1. The Morgan fingerprint density at radius 1 is 1.50 bits per heavy atom. The Balaban J connectivity index is 2.97. The van der Waals surface area contributed by atoms with Gasteiger partial charge in [0.2, 0.25) is 0 Å². The summed E-state index contributed by atoms with van der Waals surface area (Å²) in [5.41, 5.74) is 5.74. The fourth-order valence-electron chi connectivity index (χ4n) is 1.22. The Hall–Kier alpha value is -1.59. The first-order valence-corrected chi connectivity index (χ1v) is 4.40. The van der Waals surface area contributed by atoms with E-state index in [-0.39, 0.29) is 12.2 Å². The predicted molar refractivity (Wildman–Crippen MR) is 56.4 cm³/mol. The van der Waals surface area contributed by atoms with Gasteiger partial charge in [0, 0.05) is 0 Å². The van der Waals surface area contributed by atoms with Crippen LogP contribution in [-0.4, -0.2) is 5.78 Å². The van der Waals surface area contributed by atoms with E-state index < -0.39 is 5.54 Å². The standard InChI is InChI=1S/C12H13NO/c1-3-7-11(14)12(2,13)10-8-5-4-6-9-10/h1,4-6,8-9H,7,13H2,2H3. The number of carbonyl (C=O) groups excluding carboxylic acids is 1. The maximum absolute atomic E-state index is 11.6. The molecule has 0 radical (unpaired) electrons. The molecule has 0 aromatic heterocycles. The zero-order valence-electron chi connectivity index (χ0n) is 8.16. The van der Waals surface area contributed by atoms with E-state index in [1.54, 1.807) is 6.92 Å². The maximum Gasteiger partial charge on any atom is 0.168 e. The van der Waals surface area contributed by atoms with Crippen molar-refractivity contribution in [2.75, 3.05) is 0 Å². The second-order valence-electron chi connectivity index (χ2n) is 3.37. The molecule has 0 amide bonds. The monoisotopic (exact) mass is 187 g/mol. The number of Topliss-reactive ketones (excluding diaryl/α,β-unsaturated/α-hetero) is 1. The molecule has 2 nitrogen and oxygen atoms in total. The SMILES string of the molecule is C#CCC(=O)C(C)(N)c1ccccc1. The van der Waals surface area contributed by atoms with Crippen molar-refractivity contribution in [2.45, 2.75) is 18.9 Å². The van der Waals surface area contributed by atoms with Gasteiger partial charge in [-0.25, -0.2) is 0 Å². The quantitative estimate of drug-likeness (QED) is 0.728. The Labute approximate surface area is 84.1 Å². The van der Waals surface area contributed by atoms with Crippen molar-refractivity contribution < 1.29 is 4.79 Å². The van der Waals surface area contributed by atoms with Crippen molar-refractivity contribution in [2.24, 2.45) is 5.73 Å². The molecule has 72 valence electrons. The molecule has 0 bridgehead atoms. The molecule has 0 aliphatic heterocycles. The molecule has 0 aliphatic rings. The summed E-state index contributed by atoms with van der Waals surface area (Å²) < 4.78 is 0. The Morgan fingerprint density at radius 2 is 2.07 bits per heavy atom. The predicted octanol–water partition coefficient (Wildman–Crippen LogP) is 1.45. The first-order chi connectivity index (χ1) is 6.59. The molecule has 0 aliphatic carbocycles. The van der Waals surface area contributed by atoms with Gasteiger partial charge in [0.15, 0.2) is 5.78 Å². The molecule has 0 saturated heterocycles. The van der Waals surface area contributed by atoms with E-state index in [4.69, 9.17) is 12.2 Å². The molecule has 0 fully saturated rings. The summed E-state index contributed by atoms with van der Waals surface area (Å²) in [4.78, 5) is 11.6. The number of ketones is 1. The van der Waals surface area contributed by atoms with Crippen LogP contribution in [0.15, 0.2) is 30.3 Å². The molecule has 0 saturated carbocycles. The highest BCUT2D eigenvalue weighted by atomic mass is 16.1. The van der Waals surface area contributed by atoms with E-state index in [2.05, 4.69) is 5.92 Å². The van der Waals surface area contributed by atoms with Crippen molar-refractivity contribution in [3.8, 4) is 12.3 Å². The van der Waals surface area contributed by atoms with E-state index in [1.165, 1.54) is 0 Å². The third-order valence-electron chi connectivity index (χ3n) is 2.22. The van der Waals surface area contributed by atoms with Crippen LogP contribution < -0.4 is 5.73 Å². The number of nitrogens with two attached hydrogens (primary N) is 1. The molecule has 0 heterocycles. The lowest BCUT2D eigenvalue weighted by Crippen LogP contribution is -2.41. The average Bonchev–Trinajstić information content (AvgIpc) is 2.19. The van der Waals surface area contributed by atoms with Gasteiger partial charge >= 0.3 is 0 Å². The highest BCUT2D eigenvalue weighted by Gasteiger charge is 2.28. The maximum atomic E-state index is 11.6. The number of terminal acetylenes is 1. The average molecular weight is 187 g/mol. The van der Waals surface area contributed by atoms with E-state index >= 15 is 0 Å². The van der Waals surface area contributed by atoms with Crippen LogP contribution in [0.3, 0.4) is 0 Å². The number of hydrogen-bond acceptors (Lipinski definition) is 2. The summed E-state index contributed by atoms with van der Waals surface area (Å²) >= 11 is 0. The minimum atomic E-state index is -0.979. The molecule has 2 heteroatoms. The van der Waals surface area contributed by atoms with E-state index in [0.29, 0.717) is 0 Å². The van der Waals surface area contributed by atoms with Crippen molar-refractivity contribution in [3.63, 3.8) is 0 Å². The molecular formula is C12H13NO. The van der Waals surface area contributed by atoms with Crippen molar-refractivity contribution in [3.05, 3.63) is 35.9 Å². The van der Waals surface area contributed by atoms with Crippen LogP contribution in [-0.2, 0) is 10.3 Å². The molecule has 1 aromatic carbocycles. The fourth-order valence-corrected chi connectivity index (χ4v) is 1.22. The second-order valence-corrected chi connectivity index (χ2v) is 3.37. The number of rotatable bonds is 3. The molecule has 1 unspecified atom stereocenters. The lowest BCUT2D eigenvalue weighted by molar-refractivity contribution is -0.122. The molecule has 1 rings (SSSR count). The fraction of sp³-hybridized carbons (Fsp3) is 0.250. The molecule has 1 atom stereocenters. The van der Waals surface area contributed by atoms with E-state index in [1.807, 2.05) is 30.3 Å². The van der Waals surface area contributed by atoms with Crippen LogP contribution in [0, 0.1) is 12.3 Å². The summed E-state index contributed by atoms with van der Waals surface area (Å²) in [5.74, 6) is 2.18. The zero-order chi connectivity index (χ0) is 10.6. The molecular weight excluding hydrogens is 174 g/mol. The van der Waals surface area contributed by atoms with Gasteiger partial charge < -0.3 is 5.73 Å². The highest BCUT2D eigenvalue weighted by molar-refractivity contribution is 5.90. The van der Waals surface area contributed by atoms with Gasteiger partial charge in [0.25, 0.3) is 0 Å². The van der Waals surface area contributed by atoms with Gasteiger partial charge in [0.1, 0.15) is 0 Å². The number of hydrogen-bond donors (Lipinski definition) is 1. The smallest absolute Gasteiger partial charge is 0.168 e. The summed E-state index contributed by atoms with van der Waals surface area (Å²) in [6, 6.07) is 9.24. The van der Waals surface area contributed by atoms with Crippen molar-refractivity contribution in [1.82, 2.24) is 0 Å².